The maximum Gasteiger partial charge on any atom is 0.375 e. The van der Waals surface area contributed by atoms with Gasteiger partial charge in [0, 0.05) is 0 Å². The fourth-order valence-electron chi connectivity index (χ4n) is 3.06. The minimum absolute atomic E-state index is 0.282. The smallest absolute Gasteiger partial charge is 0.375 e. The Morgan fingerprint density at radius 3 is 1.70 bits per heavy atom. The molecule has 0 aromatic carbocycles. The van der Waals surface area contributed by atoms with Crippen LogP contribution < -0.4 is 0 Å². The molecule has 0 radical (unpaired) electrons. The van der Waals surface area contributed by atoms with E-state index in [9.17, 15) is 30.0 Å². The topological polar surface area (TPSA) is 156 Å². The van der Waals surface area contributed by atoms with Crippen molar-refractivity contribution in [2.24, 2.45) is 0 Å². The average Bonchev–Trinajstić information content (AvgIpc) is 2.66. The number of rotatable bonds is 17. The normalized spacial score (nSPS) is 17.1. The van der Waals surface area contributed by atoms with Crippen LogP contribution in [-0.4, -0.2) is 72.9 Å². The highest BCUT2D eigenvalue weighted by Crippen LogP contribution is 2.25. The lowest BCUT2D eigenvalue weighted by molar-refractivity contribution is -0.183. The van der Waals surface area contributed by atoms with Crippen molar-refractivity contribution in [3.63, 3.8) is 0 Å². The minimum Gasteiger partial charge on any atom is -0.475 e. The first-order valence-electron chi connectivity index (χ1n) is 9.87. The molecule has 0 spiro atoms. The largest absolute Gasteiger partial charge is 0.475 e. The molecule has 0 aliphatic carbocycles. The first-order valence-corrected chi connectivity index (χ1v) is 9.87. The van der Waals surface area contributed by atoms with Gasteiger partial charge in [-0.2, -0.15) is 0 Å². The Labute approximate surface area is 160 Å². The molecule has 0 fully saturated rings. The zero-order valence-corrected chi connectivity index (χ0v) is 16.2. The predicted octanol–water partition coefficient (Wildman–Crippen LogP) is 0.757. The van der Waals surface area contributed by atoms with Crippen LogP contribution in [0.15, 0.2) is 0 Å². The van der Waals surface area contributed by atoms with Crippen molar-refractivity contribution in [3.05, 3.63) is 0 Å². The number of carbonyl (C=O) groups excluding carboxylic acids is 1. The minimum atomic E-state index is -2.72. The molecule has 0 bridgehead atoms. The third-order valence-electron chi connectivity index (χ3n) is 4.89. The van der Waals surface area contributed by atoms with Crippen LogP contribution in [0.25, 0.3) is 0 Å². The first kappa shape index (κ1) is 25.9. The quantitative estimate of drug-likeness (QED) is 0.156. The second-order valence-electron chi connectivity index (χ2n) is 7.18. The number of Topliss-reactive ketones (excluding diaryl/α,β-unsaturated/α-hetero) is 1. The predicted molar refractivity (Wildman–Crippen MR) is 99.2 cm³/mol. The summed E-state index contributed by atoms with van der Waals surface area (Å²) in [6, 6.07) is 0. The van der Waals surface area contributed by atoms with E-state index in [4.69, 9.17) is 10.2 Å². The van der Waals surface area contributed by atoms with E-state index in [1.807, 2.05) is 0 Å². The van der Waals surface area contributed by atoms with Gasteiger partial charge in [0.2, 0.25) is 0 Å². The molecule has 8 nitrogen and oxygen atoms in total. The fraction of sp³-hybridized carbons (Fsp3) is 0.895. The van der Waals surface area contributed by atoms with Crippen LogP contribution in [0.4, 0.5) is 0 Å². The lowest BCUT2D eigenvalue weighted by Crippen LogP contribution is -2.59. The standard InChI is InChI=1S/C19H36O8/c1-2-3-4-5-6-7-8-9-10-11-12-19(27,17(24)18(25)26)16(23)15(22)14(21)13-20/h14-16,20-23,27H,2-13H2,1H3,(H,25,26)/t14-,15-,16+,19-/m1/s1. The Bertz CT molecular complexity index is 428. The number of carboxylic acids is 1. The molecular formula is C19H36O8. The van der Waals surface area contributed by atoms with Gasteiger partial charge in [0.25, 0.3) is 5.78 Å². The summed E-state index contributed by atoms with van der Waals surface area (Å²) in [5.41, 5.74) is -2.72. The molecule has 0 aromatic rings. The van der Waals surface area contributed by atoms with E-state index in [1.165, 1.54) is 25.7 Å². The molecule has 27 heavy (non-hydrogen) atoms. The van der Waals surface area contributed by atoms with E-state index in [0.717, 1.165) is 25.7 Å². The number of hydrogen-bond donors (Lipinski definition) is 6. The van der Waals surface area contributed by atoms with E-state index in [1.54, 1.807) is 0 Å². The highest BCUT2D eigenvalue weighted by Gasteiger charge is 2.50. The van der Waals surface area contributed by atoms with Gasteiger partial charge in [-0.05, 0) is 12.8 Å². The third kappa shape index (κ3) is 9.12. The van der Waals surface area contributed by atoms with E-state index >= 15 is 0 Å². The highest BCUT2D eigenvalue weighted by molar-refractivity contribution is 6.36. The summed E-state index contributed by atoms with van der Waals surface area (Å²) < 4.78 is 0. The van der Waals surface area contributed by atoms with Gasteiger partial charge in [0.05, 0.1) is 6.61 Å². The molecule has 0 aliphatic rings. The van der Waals surface area contributed by atoms with Gasteiger partial charge in [-0.15, -0.1) is 0 Å². The maximum atomic E-state index is 11.8. The number of carbonyl (C=O) groups is 2. The summed E-state index contributed by atoms with van der Waals surface area (Å²) in [6.07, 6.45) is 3.47. The Morgan fingerprint density at radius 2 is 1.30 bits per heavy atom. The number of unbranched alkanes of at least 4 members (excludes halogenated alkanes) is 9. The van der Waals surface area contributed by atoms with Crippen LogP contribution >= 0.6 is 0 Å². The molecule has 0 saturated carbocycles. The molecule has 4 atom stereocenters. The number of aliphatic hydroxyl groups excluding tert-OH is 4. The lowest BCUT2D eigenvalue weighted by atomic mass is 9.82. The Kier molecular flexibility index (Phi) is 13.5. The van der Waals surface area contributed by atoms with E-state index < -0.39 is 42.3 Å². The zero-order chi connectivity index (χ0) is 20.9. The highest BCUT2D eigenvalue weighted by atomic mass is 16.4. The summed E-state index contributed by atoms with van der Waals surface area (Å²) in [7, 11) is 0. The molecule has 6 N–H and O–H groups in total. The second kappa shape index (κ2) is 14.0. The van der Waals surface area contributed by atoms with Gasteiger partial charge < -0.3 is 30.6 Å². The summed E-state index contributed by atoms with van der Waals surface area (Å²) >= 11 is 0. The summed E-state index contributed by atoms with van der Waals surface area (Å²) in [5.74, 6) is -3.58. The maximum absolute atomic E-state index is 11.8. The molecule has 0 heterocycles. The fourth-order valence-corrected chi connectivity index (χ4v) is 3.06. The van der Waals surface area contributed by atoms with Crippen LogP contribution in [-0.2, 0) is 9.59 Å². The molecule has 8 heteroatoms. The molecular weight excluding hydrogens is 356 g/mol. The third-order valence-corrected chi connectivity index (χ3v) is 4.89. The van der Waals surface area contributed by atoms with Gasteiger partial charge in [0.1, 0.15) is 18.3 Å². The Morgan fingerprint density at radius 1 is 0.852 bits per heavy atom. The first-order chi connectivity index (χ1) is 12.7. The van der Waals surface area contributed by atoms with Crippen LogP contribution in [0.1, 0.15) is 77.6 Å². The van der Waals surface area contributed by atoms with Crippen molar-refractivity contribution in [3.8, 4) is 0 Å². The summed E-state index contributed by atoms with van der Waals surface area (Å²) in [5, 5.41) is 57.3. The van der Waals surface area contributed by atoms with Gasteiger partial charge in [-0.1, -0.05) is 64.7 Å². The van der Waals surface area contributed by atoms with Crippen LogP contribution in [0.2, 0.25) is 0 Å². The molecule has 0 unspecified atom stereocenters. The van der Waals surface area contributed by atoms with Crippen molar-refractivity contribution >= 4 is 11.8 Å². The number of aliphatic hydroxyl groups is 5. The zero-order valence-electron chi connectivity index (χ0n) is 16.2. The Balaban J connectivity index is 4.47. The number of ketones is 1. The SMILES string of the molecule is CCCCCCCCCCCC[C@](O)(C(=O)C(=O)O)[C@@H](O)[C@H](O)[C@H](O)CO. The lowest BCUT2D eigenvalue weighted by Gasteiger charge is -2.34. The van der Waals surface area contributed by atoms with Crippen molar-refractivity contribution in [2.45, 2.75) is 101 Å². The number of hydrogen-bond acceptors (Lipinski definition) is 7. The van der Waals surface area contributed by atoms with Crippen molar-refractivity contribution in [1.82, 2.24) is 0 Å². The van der Waals surface area contributed by atoms with Crippen molar-refractivity contribution in [2.75, 3.05) is 6.61 Å². The molecule has 0 saturated heterocycles. The van der Waals surface area contributed by atoms with Crippen LogP contribution in [0.3, 0.4) is 0 Å². The monoisotopic (exact) mass is 392 g/mol. The molecule has 0 aliphatic heterocycles. The molecule has 160 valence electrons. The van der Waals surface area contributed by atoms with Crippen LogP contribution in [0.5, 0.6) is 0 Å². The number of aliphatic carboxylic acids is 1. The molecule has 0 aromatic heterocycles. The summed E-state index contributed by atoms with van der Waals surface area (Å²) in [4.78, 5) is 22.8. The molecule has 0 amide bonds. The van der Waals surface area contributed by atoms with Gasteiger partial charge in [-0.3, -0.25) is 4.79 Å². The average molecular weight is 392 g/mol. The van der Waals surface area contributed by atoms with Crippen molar-refractivity contribution in [1.29, 1.82) is 0 Å². The second-order valence-corrected chi connectivity index (χ2v) is 7.18. The molecule has 0 rings (SSSR count). The van der Waals surface area contributed by atoms with Crippen molar-refractivity contribution < 1.29 is 40.2 Å². The van der Waals surface area contributed by atoms with Gasteiger partial charge in [-0.25, -0.2) is 4.79 Å². The number of carboxylic acid groups (broad SMARTS) is 1. The summed E-state index contributed by atoms with van der Waals surface area (Å²) in [6.45, 7) is 1.25. The van der Waals surface area contributed by atoms with Crippen LogP contribution in [0, 0.1) is 0 Å². The Hall–Kier alpha value is -1.06. The van der Waals surface area contributed by atoms with E-state index in [-0.39, 0.29) is 12.8 Å². The van der Waals surface area contributed by atoms with E-state index in [0.29, 0.717) is 6.42 Å². The van der Waals surface area contributed by atoms with E-state index in [2.05, 4.69) is 6.92 Å². The van der Waals surface area contributed by atoms with Gasteiger partial charge >= 0.3 is 5.97 Å². The van der Waals surface area contributed by atoms with Gasteiger partial charge in [0.15, 0.2) is 5.60 Å².